The largest absolute Gasteiger partial charge is 0.496 e. The minimum absolute atomic E-state index is 0.197. The van der Waals surface area contributed by atoms with Gasteiger partial charge in [-0.15, -0.1) is 0 Å². The topological polar surface area (TPSA) is 56.1 Å². The van der Waals surface area contributed by atoms with Crippen LogP contribution < -0.4 is 10.1 Å². The zero-order valence-corrected chi connectivity index (χ0v) is 13.9. The first kappa shape index (κ1) is 15.8. The Morgan fingerprint density at radius 1 is 1.12 bits per heavy atom. The maximum Gasteiger partial charge on any atom is 0.273 e. The maximum atomic E-state index is 12.5. The molecule has 0 fully saturated rings. The number of rotatable bonds is 4. The molecule has 0 bridgehead atoms. The molecule has 5 nitrogen and oxygen atoms in total. The van der Waals surface area contributed by atoms with Crippen LogP contribution in [0.15, 0.2) is 54.6 Å². The lowest BCUT2D eigenvalue weighted by Gasteiger charge is -2.05. The highest BCUT2D eigenvalue weighted by Crippen LogP contribution is 2.29. The van der Waals surface area contributed by atoms with Gasteiger partial charge < -0.3 is 10.1 Å². The summed E-state index contributed by atoms with van der Waals surface area (Å²) in [5.41, 5.74) is 3.89. The average Bonchev–Trinajstić information content (AvgIpc) is 2.96. The SMILES string of the molecule is COc1ccccc1-c1cc(C(=O)Nc2cccc(C)c2)n(C)n1. The van der Waals surface area contributed by atoms with Gasteiger partial charge in [0, 0.05) is 18.3 Å². The average molecular weight is 321 g/mol. The Balaban J connectivity index is 1.90. The fraction of sp³-hybridized carbons (Fsp3) is 0.158. The van der Waals surface area contributed by atoms with E-state index < -0.39 is 0 Å². The number of carbonyl (C=O) groups is 1. The number of methoxy groups -OCH3 is 1. The molecule has 0 saturated heterocycles. The number of amides is 1. The summed E-state index contributed by atoms with van der Waals surface area (Å²) in [4.78, 5) is 12.5. The van der Waals surface area contributed by atoms with E-state index in [2.05, 4.69) is 10.4 Å². The lowest BCUT2D eigenvalue weighted by atomic mass is 10.1. The zero-order valence-electron chi connectivity index (χ0n) is 13.9. The van der Waals surface area contributed by atoms with Crippen LogP contribution in [-0.4, -0.2) is 22.8 Å². The Kier molecular flexibility index (Phi) is 4.33. The van der Waals surface area contributed by atoms with Gasteiger partial charge in [-0.3, -0.25) is 9.48 Å². The van der Waals surface area contributed by atoms with Crippen LogP contribution in [-0.2, 0) is 7.05 Å². The Morgan fingerprint density at radius 3 is 2.67 bits per heavy atom. The van der Waals surface area contributed by atoms with Gasteiger partial charge >= 0.3 is 0 Å². The van der Waals surface area contributed by atoms with E-state index in [4.69, 9.17) is 4.74 Å². The molecule has 0 aliphatic rings. The Labute approximate surface area is 140 Å². The van der Waals surface area contributed by atoms with Gasteiger partial charge in [0.1, 0.15) is 11.4 Å². The molecule has 122 valence electrons. The Morgan fingerprint density at radius 2 is 1.92 bits per heavy atom. The summed E-state index contributed by atoms with van der Waals surface area (Å²) in [5.74, 6) is 0.526. The molecule has 1 aromatic heterocycles. The van der Waals surface area contributed by atoms with Crippen molar-refractivity contribution in [1.29, 1.82) is 0 Å². The quantitative estimate of drug-likeness (QED) is 0.798. The highest BCUT2D eigenvalue weighted by atomic mass is 16.5. The Hall–Kier alpha value is -3.08. The van der Waals surface area contributed by atoms with Crippen LogP contribution in [0.4, 0.5) is 5.69 Å². The van der Waals surface area contributed by atoms with Crippen molar-refractivity contribution in [2.45, 2.75) is 6.92 Å². The van der Waals surface area contributed by atoms with E-state index in [0.717, 1.165) is 22.6 Å². The first-order valence-corrected chi connectivity index (χ1v) is 7.64. The summed E-state index contributed by atoms with van der Waals surface area (Å²) < 4.78 is 6.94. The van der Waals surface area contributed by atoms with Crippen LogP contribution >= 0.6 is 0 Å². The van der Waals surface area contributed by atoms with E-state index >= 15 is 0 Å². The molecule has 1 heterocycles. The predicted molar refractivity (Wildman–Crippen MR) is 94.3 cm³/mol. The van der Waals surface area contributed by atoms with Crippen LogP contribution in [0, 0.1) is 6.92 Å². The minimum Gasteiger partial charge on any atom is -0.496 e. The molecule has 0 aliphatic carbocycles. The summed E-state index contributed by atoms with van der Waals surface area (Å²) in [6.45, 7) is 1.99. The first-order valence-electron chi connectivity index (χ1n) is 7.64. The lowest BCUT2D eigenvalue weighted by Crippen LogP contribution is -2.16. The van der Waals surface area contributed by atoms with Crippen LogP contribution in [0.1, 0.15) is 16.1 Å². The number of hydrogen-bond donors (Lipinski definition) is 1. The molecule has 3 aromatic rings. The first-order chi connectivity index (χ1) is 11.6. The molecule has 1 N–H and O–H groups in total. The number of aryl methyl sites for hydroxylation is 2. The van der Waals surface area contributed by atoms with Gasteiger partial charge in [0.05, 0.1) is 12.8 Å². The van der Waals surface area contributed by atoms with Crippen LogP contribution in [0.3, 0.4) is 0 Å². The minimum atomic E-state index is -0.197. The van der Waals surface area contributed by atoms with Crippen molar-refractivity contribution >= 4 is 11.6 Å². The molecule has 0 saturated carbocycles. The van der Waals surface area contributed by atoms with Crippen molar-refractivity contribution in [3.05, 3.63) is 65.9 Å². The van der Waals surface area contributed by atoms with E-state index in [1.807, 2.05) is 55.5 Å². The number of benzene rings is 2. The number of nitrogens with zero attached hydrogens (tertiary/aromatic N) is 2. The van der Waals surface area contributed by atoms with E-state index in [1.165, 1.54) is 0 Å². The number of nitrogens with one attached hydrogen (secondary N) is 1. The number of anilines is 1. The van der Waals surface area contributed by atoms with Crippen molar-refractivity contribution in [2.24, 2.45) is 7.05 Å². The molecule has 3 rings (SSSR count). The van der Waals surface area contributed by atoms with Crippen LogP contribution in [0.25, 0.3) is 11.3 Å². The van der Waals surface area contributed by atoms with Crippen molar-refractivity contribution in [1.82, 2.24) is 9.78 Å². The summed E-state index contributed by atoms with van der Waals surface area (Å²) in [7, 11) is 3.37. The third-order valence-corrected chi connectivity index (χ3v) is 3.77. The highest BCUT2D eigenvalue weighted by molar-refractivity contribution is 6.03. The molecule has 1 amide bonds. The fourth-order valence-corrected chi connectivity index (χ4v) is 2.59. The molecule has 2 aromatic carbocycles. The predicted octanol–water partition coefficient (Wildman–Crippen LogP) is 3.66. The highest BCUT2D eigenvalue weighted by Gasteiger charge is 2.16. The second-order valence-electron chi connectivity index (χ2n) is 5.56. The smallest absolute Gasteiger partial charge is 0.273 e. The molecule has 5 heteroatoms. The summed E-state index contributed by atoms with van der Waals surface area (Å²) in [6.07, 6.45) is 0. The third-order valence-electron chi connectivity index (χ3n) is 3.77. The fourth-order valence-electron chi connectivity index (χ4n) is 2.59. The molecule has 0 atom stereocenters. The summed E-state index contributed by atoms with van der Waals surface area (Å²) >= 11 is 0. The van der Waals surface area contributed by atoms with Crippen molar-refractivity contribution < 1.29 is 9.53 Å². The monoisotopic (exact) mass is 321 g/mol. The molecule has 0 unspecified atom stereocenters. The van der Waals surface area contributed by atoms with Gasteiger partial charge in [-0.05, 0) is 42.8 Å². The molecule has 0 aliphatic heterocycles. The lowest BCUT2D eigenvalue weighted by molar-refractivity contribution is 0.101. The van der Waals surface area contributed by atoms with Gasteiger partial charge in [0.15, 0.2) is 0 Å². The van der Waals surface area contributed by atoms with Crippen molar-refractivity contribution in [3.63, 3.8) is 0 Å². The van der Waals surface area contributed by atoms with E-state index in [-0.39, 0.29) is 5.91 Å². The number of hydrogen-bond acceptors (Lipinski definition) is 3. The molecule has 0 spiro atoms. The standard InChI is InChI=1S/C19H19N3O2/c1-13-7-6-8-14(11-13)20-19(23)17-12-16(21-22(17)2)15-9-4-5-10-18(15)24-3/h4-12H,1-3H3,(H,20,23). The molecule has 24 heavy (non-hydrogen) atoms. The number of carbonyl (C=O) groups excluding carboxylic acids is 1. The zero-order chi connectivity index (χ0) is 17.1. The number of aromatic nitrogens is 2. The van der Waals surface area contributed by atoms with E-state index in [9.17, 15) is 4.79 Å². The van der Waals surface area contributed by atoms with Gasteiger partial charge in [-0.2, -0.15) is 5.10 Å². The summed E-state index contributed by atoms with van der Waals surface area (Å²) in [6, 6.07) is 17.1. The summed E-state index contributed by atoms with van der Waals surface area (Å²) in [5, 5.41) is 7.35. The number of ether oxygens (including phenoxy) is 1. The maximum absolute atomic E-state index is 12.5. The second-order valence-corrected chi connectivity index (χ2v) is 5.56. The molecular weight excluding hydrogens is 302 g/mol. The van der Waals surface area contributed by atoms with Crippen molar-refractivity contribution in [3.8, 4) is 17.0 Å². The van der Waals surface area contributed by atoms with Crippen LogP contribution in [0.2, 0.25) is 0 Å². The van der Waals surface area contributed by atoms with Gasteiger partial charge in [-0.25, -0.2) is 0 Å². The molecular formula is C19H19N3O2. The normalized spacial score (nSPS) is 10.5. The van der Waals surface area contributed by atoms with Gasteiger partial charge in [0.25, 0.3) is 5.91 Å². The van der Waals surface area contributed by atoms with Crippen molar-refractivity contribution in [2.75, 3.05) is 12.4 Å². The van der Waals surface area contributed by atoms with E-state index in [1.54, 1.807) is 24.9 Å². The van der Waals surface area contributed by atoms with Crippen LogP contribution in [0.5, 0.6) is 5.75 Å². The second kappa shape index (κ2) is 6.58. The van der Waals surface area contributed by atoms with Gasteiger partial charge in [-0.1, -0.05) is 24.3 Å². The molecule has 0 radical (unpaired) electrons. The van der Waals surface area contributed by atoms with Gasteiger partial charge in [0.2, 0.25) is 0 Å². The third kappa shape index (κ3) is 3.15. The number of para-hydroxylation sites is 1. The Bertz CT molecular complexity index is 884. The van der Waals surface area contributed by atoms with E-state index in [0.29, 0.717) is 11.4 Å².